The van der Waals surface area contributed by atoms with Crippen LogP contribution in [0.3, 0.4) is 0 Å². The average molecular weight is 251 g/mol. The highest BCUT2D eigenvalue weighted by atomic mass is 16.3. The quantitative estimate of drug-likeness (QED) is 0.444. The Morgan fingerprint density at radius 1 is 1.33 bits per heavy atom. The Balaban J connectivity index is 2.45. The van der Waals surface area contributed by atoms with Crippen molar-refractivity contribution in [3.8, 4) is 5.75 Å². The Morgan fingerprint density at radius 3 is 2.67 bits per heavy atom. The lowest BCUT2D eigenvalue weighted by Crippen LogP contribution is -2.30. The second-order valence-electron chi connectivity index (χ2n) is 3.73. The number of nitrogen functional groups attached to an aromatic ring is 1. The van der Waals surface area contributed by atoms with Gasteiger partial charge in [0.15, 0.2) is 0 Å². The lowest BCUT2D eigenvalue weighted by molar-refractivity contribution is -0.120. The summed E-state index contributed by atoms with van der Waals surface area (Å²) in [6.45, 7) is 2.64. The van der Waals surface area contributed by atoms with E-state index in [1.54, 1.807) is 0 Å². The Morgan fingerprint density at radius 2 is 2.06 bits per heavy atom. The minimum absolute atomic E-state index is 0.113. The first-order valence-corrected chi connectivity index (χ1v) is 5.68. The maximum atomic E-state index is 11.7. The number of phenols is 1. The molecular formula is C12H17N3O3. The zero-order valence-corrected chi connectivity index (χ0v) is 10.2. The molecule has 0 atom stereocenters. The van der Waals surface area contributed by atoms with Crippen LogP contribution in [0.5, 0.6) is 5.75 Å². The summed E-state index contributed by atoms with van der Waals surface area (Å²) in [6.07, 6.45) is 0.223. The van der Waals surface area contributed by atoms with E-state index in [4.69, 9.17) is 5.73 Å². The number of hydrogen-bond donors (Lipinski definition) is 4. The van der Waals surface area contributed by atoms with Crippen LogP contribution in [0.4, 0.5) is 5.69 Å². The fraction of sp³-hybridized carbons (Fsp3) is 0.333. The van der Waals surface area contributed by atoms with Crippen molar-refractivity contribution in [3.05, 3.63) is 23.8 Å². The van der Waals surface area contributed by atoms with Gasteiger partial charge in [0.2, 0.25) is 5.91 Å². The third-order valence-corrected chi connectivity index (χ3v) is 2.30. The van der Waals surface area contributed by atoms with Gasteiger partial charge in [-0.1, -0.05) is 0 Å². The number of hydrogen-bond acceptors (Lipinski definition) is 4. The van der Waals surface area contributed by atoms with Crippen molar-refractivity contribution in [2.24, 2.45) is 0 Å². The maximum Gasteiger partial charge on any atom is 0.251 e. The number of anilines is 1. The number of aromatic hydroxyl groups is 1. The molecule has 98 valence electrons. The van der Waals surface area contributed by atoms with Crippen LogP contribution in [0.25, 0.3) is 0 Å². The molecule has 0 heterocycles. The Labute approximate surface area is 105 Å². The first-order chi connectivity index (χ1) is 8.54. The van der Waals surface area contributed by atoms with E-state index in [9.17, 15) is 14.7 Å². The number of phenolic OH excluding ortho intramolecular Hbond substituents is 1. The topological polar surface area (TPSA) is 104 Å². The highest BCUT2D eigenvalue weighted by Crippen LogP contribution is 2.20. The monoisotopic (exact) mass is 251 g/mol. The van der Waals surface area contributed by atoms with Gasteiger partial charge in [-0.2, -0.15) is 0 Å². The van der Waals surface area contributed by atoms with Gasteiger partial charge in [0.1, 0.15) is 5.75 Å². The minimum Gasteiger partial charge on any atom is -0.506 e. The largest absolute Gasteiger partial charge is 0.506 e. The van der Waals surface area contributed by atoms with Crippen LogP contribution in [0, 0.1) is 0 Å². The standard InChI is InChI=1S/C12H17N3O3/c1-2-14-11(17)5-6-15-12(18)8-3-4-9(13)10(16)7-8/h3-4,7,16H,2,5-6,13H2,1H3,(H,14,17)(H,15,18). The van der Waals surface area contributed by atoms with Crippen molar-refractivity contribution in [2.75, 3.05) is 18.8 Å². The molecule has 0 saturated carbocycles. The van der Waals surface area contributed by atoms with Gasteiger partial charge < -0.3 is 21.5 Å². The highest BCUT2D eigenvalue weighted by Gasteiger charge is 2.08. The van der Waals surface area contributed by atoms with Crippen LogP contribution < -0.4 is 16.4 Å². The number of rotatable bonds is 5. The van der Waals surface area contributed by atoms with Crippen molar-refractivity contribution in [3.63, 3.8) is 0 Å². The summed E-state index contributed by atoms with van der Waals surface area (Å²) in [5, 5.41) is 14.6. The van der Waals surface area contributed by atoms with Crippen LogP contribution in [-0.4, -0.2) is 30.0 Å². The molecule has 0 aliphatic heterocycles. The smallest absolute Gasteiger partial charge is 0.251 e. The number of nitrogens with one attached hydrogen (secondary N) is 2. The van der Waals surface area contributed by atoms with Gasteiger partial charge in [0, 0.05) is 25.1 Å². The van der Waals surface area contributed by atoms with Crippen molar-refractivity contribution in [1.29, 1.82) is 0 Å². The van der Waals surface area contributed by atoms with Crippen molar-refractivity contribution in [2.45, 2.75) is 13.3 Å². The third-order valence-electron chi connectivity index (χ3n) is 2.30. The number of carbonyl (C=O) groups excluding carboxylic acids is 2. The number of nitrogens with two attached hydrogens (primary N) is 1. The molecule has 6 heteroatoms. The second-order valence-corrected chi connectivity index (χ2v) is 3.73. The van der Waals surface area contributed by atoms with E-state index in [1.807, 2.05) is 6.92 Å². The molecule has 0 spiro atoms. The van der Waals surface area contributed by atoms with Gasteiger partial charge in [-0.15, -0.1) is 0 Å². The molecule has 0 aliphatic rings. The summed E-state index contributed by atoms with van der Waals surface area (Å²) in [5.74, 6) is -0.598. The van der Waals surface area contributed by atoms with Gasteiger partial charge in [0.05, 0.1) is 5.69 Å². The Bertz CT molecular complexity index is 446. The van der Waals surface area contributed by atoms with Gasteiger partial charge in [-0.3, -0.25) is 9.59 Å². The van der Waals surface area contributed by atoms with Gasteiger partial charge in [-0.25, -0.2) is 0 Å². The lowest BCUT2D eigenvalue weighted by Gasteiger charge is -2.06. The molecule has 5 N–H and O–H groups in total. The summed E-state index contributed by atoms with van der Waals surface area (Å²) < 4.78 is 0. The average Bonchev–Trinajstić information content (AvgIpc) is 2.33. The molecule has 18 heavy (non-hydrogen) atoms. The first kappa shape index (κ1) is 13.8. The Hall–Kier alpha value is -2.24. The van der Waals surface area contributed by atoms with E-state index in [2.05, 4.69) is 10.6 Å². The van der Waals surface area contributed by atoms with Gasteiger partial charge >= 0.3 is 0 Å². The molecule has 0 aliphatic carbocycles. The SMILES string of the molecule is CCNC(=O)CCNC(=O)c1ccc(N)c(O)c1. The fourth-order valence-electron chi connectivity index (χ4n) is 1.36. The molecular weight excluding hydrogens is 234 g/mol. The normalized spacial score (nSPS) is 9.83. The molecule has 0 bridgehead atoms. The van der Waals surface area contributed by atoms with E-state index in [0.29, 0.717) is 12.1 Å². The van der Waals surface area contributed by atoms with E-state index in [0.717, 1.165) is 0 Å². The molecule has 2 amide bonds. The van der Waals surface area contributed by atoms with E-state index in [-0.39, 0.29) is 36.2 Å². The number of carbonyl (C=O) groups is 2. The summed E-state index contributed by atoms with van der Waals surface area (Å²) in [5.41, 5.74) is 5.95. The predicted octanol–water partition coefficient (Wildman–Crippen LogP) is 0.230. The molecule has 0 fully saturated rings. The molecule has 1 aromatic rings. The predicted molar refractivity (Wildman–Crippen MR) is 68.2 cm³/mol. The van der Waals surface area contributed by atoms with Crippen LogP contribution in [0.2, 0.25) is 0 Å². The van der Waals surface area contributed by atoms with Crippen LogP contribution in [0.15, 0.2) is 18.2 Å². The van der Waals surface area contributed by atoms with Gasteiger partial charge in [0.25, 0.3) is 5.91 Å². The highest BCUT2D eigenvalue weighted by molar-refractivity contribution is 5.95. The second kappa shape index (κ2) is 6.48. The fourth-order valence-corrected chi connectivity index (χ4v) is 1.36. The Kier molecular flexibility index (Phi) is 4.98. The van der Waals surface area contributed by atoms with E-state index < -0.39 is 0 Å². The van der Waals surface area contributed by atoms with Crippen molar-refractivity contribution < 1.29 is 14.7 Å². The summed E-state index contributed by atoms with van der Waals surface area (Å²) in [4.78, 5) is 22.8. The van der Waals surface area contributed by atoms with Crippen LogP contribution in [-0.2, 0) is 4.79 Å². The third kappa shape index (κ3) is 3.97. The zero-order chi connectivity index (χ0) is 13.5. The zero-order valence-electron chi connectivity index (χ0n) is 10.2. The van der Waals surface area contributed by atoms with Gasteiger partial charge in [-0.05, 0) is 25.1 Å². The van der Waals surface area contributed by atoms with E-state index in [1.165, 1.54) is 18.2 Å². The summed E-state index contributed by atoms with van der Waals surface area (Å²) in [6, 6.07) is 4.25. The molecule has 0 saturated heterocycles. The van der Waals surface area contributed by atoms with Crippen molar-refractivity contribution >= 4 is 17.5 Å². The molecule has 0 aromatic heterocycles. The van der Waals surface area contributed by atoms with Crippen LogP contribution in [0.1, 0.15) is 23.7 Å². The molecule has 0 radical (unpaired) electrons. The van der Waals surface area contributed by atoms with Crippen molar-refractivity contribution in [1.82, 2.24) is 10.6 Å². The number of amides is 2. The van der Waals surface area contributed by atoms with Crippen LogP contribution >= 0.6 is 0 Å². The maximum absolute atomic E-state index is 11.7. The summed E-state index contributed by atoms with van der Waals surface area (Å²) >= 11 is 0. The molecule has 0 unspecified atom stereocenters. The first-order valence-electron chi connectivity index (χ1n) is 5.68. The molecule has 6 nitrogen and oxygen atoms in total. The summed E-state index contributed by atoms with van der Waals surface area (Å²) in [7, 11) is 0. The van der Waals surface area contributed by atoms with E-state index >= 15 is 0 Å². The molecule has 1 aromatic carbocycles. The minimum atomic E-state index is -0.352. The number of benzene rings is 1. The lowest BCUT2D eigenvalue weighted by atomic mass is 10.2. The molecule has 1 rings (SSSR count).